The van der Waals surface area contributed by atoms with Crippen LogP contribution >= 0.6 is 11.3 Å². The second kappa shape index (κ2) is 7.75. The van der Waals surface area contributed by atoms with E-state index in [0.717, 1.165) is 30.1 Å². The molecule has 0 unspecified atom stereocenters. The molecule has 1 aromatic carbocycles. The van der Waals surface area contributed by atoms with E-state index in [9.17, 15) is 8.42 Å². The molecule has 0 N–H and O–H groups in total. The third-order valence-corrected chi connectivity index (χ3v) is 8.13. The molecule has 0 atom stereocenters. The molecular formula is C19H22N4O3S2. The van der Waals surface area contributed by atoms with E-state index < -0.39 is 10.0 Å². The third kappa shape index (κ3) is 3.62. The summed E-state index contributed by atoms with van der Waals surface area (Å²) in [6.07, 6.45) is 0. The van der Waals surface area contributed by atoms with E-state index in [0.29, 0.717) is 34.6 Å². The Morgan fingerprint density at radius 3 is 2.54 bits per heavy atom. The SMILES string of the molecule is CCN1CCN(S(=O)(=O)c2cc(-c3nc(-c4ccccc4)no3)sc2C)CC1. The topological polar surface area (TPSA) is 79.5 Å². The minimum absolute atomic E-state index is 0.330. The largest absolute Gasteiger partial charge is 0.333 e. The molecule has 1 saturated heterocycles. The van der Waals surface area contributed by atoms with Gasteiger partial charge < -0.3 is 9.42 Å². The maximum Gasteiger partial charge on any atom is 0.268 e. The molecule has 0 saturated carbocycles. The molecule has 3 heterocycles. The number of likely N-dealkylation sites (N-methyl/N-ethyl adjacent to an activating group) is 1. The number of thiophene rings is 1. The molecule has 0 spiro atoms. The Morgan fingerprint density at radius 2 is 1.86 bits per heavy atom. The molecule has 2 aromatic heterocycles. The zero-order valence-corrected chi connectivity index (χ0v) is 17.5. The smallest absolute Gasteiger partial charge is 0.268 e. The van der Waals surface area contributed by atoms with Gasteiger partial charge in [0.05, 0.1) is 9.77 Å². The van der Waals surface area contributed by atoms with Crippen LogP contribution in [-0.4, -0.2) is 60.5 Å². The first-order valence-electron chi connectivity index (χ1n) is 9.21. The molecule has 148 valence electrons. The lowest BCUT2D eigenvalue weighted by Gasteiger charge is -2.33. The Morgan fingerprint density at radius 1 is 1.14 bits per heavy atom. The van der Waals surface area contributed by atoms with Gasteiger partial charge in [-0.15, -0.1) is 11.3 Å². The molecule has 28 heavy (non-hydrogen) atoms. The van der Waals surface area contributed by atoms with Crippen molar-refractivity contribution >= 4 is 21.4 Å². The van der Waals surface area contributed by atoms with Crippen molar-refractivity contribution < 1.29 is 12.9 Å². The van der Waals surface area contributed by atoms with Crippen molar-refractivity contribution in [2.45, 2.75) is 18.7 Å². The predicted octanol–water partition coefficient (Wildman–Crippen LogP) is 3.10. The van der Waals surface area contributed by atoms with E-state index in [1.807, 2.05) is 37.3 Å². The van der Waals surface area contributed by atoms with Crippen LogP contribution in [0.25, 0.3) is 22.2 Å². The number of hydrogen-bond acceptors (Lipinski definition) is 7. The van der Waals surface area contributed by atoms with Crippen molar-refractivity contribution in [3.8, 4) is 22.2 Å². The van der Waals surface area contributed by atoms with E-state index in [-0.39, 0.29) is 0 Å². The van der Waals surface area contributed by atoms with Crippen molar-refractivity contribution in [3.05, 3.63) is 41.3 Å². The van der Waals surface area contributed by atoms with E-state index in [1.165, 1.54) is 11.3 Å². The minimum Gasteiger partial charge on any atom is -0.333 e. The summed E-state index contributed by atoms with van der Waals surface area (Å²) in [5.74, 6) is 0.825. The first-order chi connectivity index (χ1) is 13.5. The normalized spacial score (nSPS) is 16.5. The summed E-state index contributed by atoms with van der Waals surface area (Å²) in [5.41, 5.74) is 0.854. The fourth-order valence-corrected chi connectivity index (χ4v) is 6.18. The molecule has 9 heteroatoms. The summed E-state index contributed by atoms with van der Waals surface area (Å²) in [6, 6.07) is 11.2. The van der Waals surface area contributed by atoms with Gasteiger partial charge in [0.15, 0.2) is 0 Å². The third-order valence-electron chi connectivity index (χ3n) is 4.94. The van der Waals surface area contributed by atoms with Crippen LogP contribution in [0.5, 0.6) is 0 Å². The summed E-state index contributed by atoms with van der Waals surface area (Å²) in [6.45, 7) is 7.40. The molecular weight excluding hydrogens is 396 g/mol. The van der Waals surface area contributed by atoms with Gasteiger partial charge in [-0.25, -0.2) is 8.42 Å². The van der Waals surface area contributed by atoms with Gasteiger partial charge in [-0.2, -0.15) is 9.29 Å². The monoisotopic (exact) mass is 418 g/mol. The van der Waals surface area contributed by atoms with Crippen molar-refractivity contribution in [3.63, 3.8) is 0 Å². The van der Waals surface area contributed by atoms with E-state index in [4.69, 9.17) is 4.52 Å². The molecule has 3 aromatic rings. The van der Waals surface area contributed by atoms with Crippen LogP contribution in [0.15, 0.2) is 45.8 Å². The predicted molar refractivity (Wildman–Crippen MR) is 109 cm³/mol. The van der Waals surface area contributed by atoms with Gasteiger partial charge in [-0.1, -0.05) is 42.4 Å². The maximum atomic E-state index is 13.1. The van der Waals surface area contributed by atoms with Gasteiger partial charge >= 0.3 is 0 Å². The standard InChI is InChI=1S/C19H22N4O3S2/c1-3-22-9-11-23(12-10-22)28(24,25)17-13-16(27-14(17)2)19-20-18(21-26-19)15-7-5-4-6-8-15/h4-8,13H,3,9-12H2,1-2H3. The number of benzene rings is 1. The molecule has 7 nitrogen and oxygen atoms in total. The molecule has 1 aliphatic heterocycles. The minimum atomic E-state index is -3.53. The quantitative estimate of drug-likeness (QED) is 0.633. The number of nitrogens with zero attached hydrogens (tertiary/aromatic N) is 4. The summed E-state index contributed by atoms with van der Waals surface area (Å²) in [5, 5.41) is 4.03. The molecule has 1 aliphatic rings. The maximum absolute atomic E-state index is 13.1. The fraction of sp³-hybridized carbons (Fsp3) is 0.368. The highest BCUT2D eigenvalue weighted by molar-refractivity contribution is 7.89. The lowest BCUT2D eigenvalue weighted by atomic mass is 10.2. The lowest BCUT2D eigenvalue weighted by Crippen LogP contribution is -2.48. The Labute approximate surface area is 168 Å². The van der Waals surface area contributed by atoms with Crippen LogP contribution in [-0.2, 0) is 10.0 Å². The lowest BCUT2D eigenvalue weighted by molar-refractivity contribution is 0.196. The highest BCUT2D eigenvalue weighted by Crippen LogP contribution is 2.35. The highest BCUT2D eigenvalue weighted by Gasteiger charge is 2.31. The summed E-state index contributed by atoms with van der Waals surface area (Å²) in [7, 11) is -3.53. The molecule has 0 radical (unpaired) electrons. The van der Waals surface area contributed by atoms with Crippen molar-refractivity contribution in [2.75, 3.05) is 32.7 Å². The number of rotatable bonds is 5. The zero-order chi connectivity index (χ0) is 19.7. The Balaban J connectivity index is 1.60. The van der Waals surface area contributed by atoms with E-state index in [1.54, 1.807) is 10.4 Å². The Kier molecular flexibility index (Phi) is 5.33. The molecule has 0 amide bonds. The molecule has 4 rings (SSSR count). The number of piperazine rings is 1. The van der Waals surface area contributed by atoms with Gasteiger partial charge in [0.2, 0.25) is 15.8 Å². The van der Waals surface area contributed by atoms with Gasteiger partial charge in [0.25, 0.3) is 5.89 Å². The molecule has 0 bridgehead atoms. The van der Waals surface area contributed by atoms with Crippen LogP contribution in [0, 0.1) is 6.92 Å². The molecule has 1 fully saturated rings. The summed E-state index contributed by atoms with van der Waals surface area (Å²) in [4.78, 5) is 8.41. The van der Waals surface area contributed by atoms with Crippen LogP contribution in [0.4, 0.5) is 0 Å². The Bertz CT molecular complexity index is 1050. The first-order valence-corrected chi connectivity index (χ1v) is 11.5. The number of sulfonamides is 1. The average Bonchev–Trinajstić information content (AvgIpc) is 3.36. The second-order valence-electron chi connectivity index (χ2n) is 6.66. The van der Waals surface area contributed by atoms with Crippen LogP contribution in [0.3, 0.4) is 0 Å². The highest BCUT2D eigenvalue weighted by atomic mass is 32.2. The van der Waals surface area contributed by atoms with E-state index >= 15 is 0 Å². The average molecular weight is 419 g/mol. The van der Waals surface area contributed by atoms with Crippen molar-refractivity contribution in [1.29, 1.82) is 0 Å². The van der Waals surface area contributed by atoms with Gasteiger partial charge in [0.1, 0.15) is 0 Å². The first kappa shape index (κ1) is 19.3. The van der Waals surface area contributed by atoms with Crippen LogP contribution < -0.4 is 0 Å². The van der Waals surface area contributed by atoms with Crippen molar-refractivity contribution in [2.24, 2.45) is 0 Å². The van der Waals surface area contributed by atoms with Gasteiger partial charge in [-0.05, 0) is 19.5 Å². The summed E-state index contributed by atoms with van der Waals surface area (Å²) < 4.78 is 33.2. The second-order valence-corrected chi connectivity index (χ2v) is 9.82. The summed E-state index contributed by atoms with van der Waals surface area (Å²) >= 11 is 1.36. The fourth-order valence-electron chi connectivity index (χ4n) is 3.28. The van der Waals surface area contributed by atoms with E-state index in [2.05, 4.69) is 22.0 Å². The van der Waals surface area contributed by atoms with Gasteiger partial charge in [-0.3, -0.25) is 0 Å². The molecule has 0 aliphatic carbocycles. The Hall–Kier alpha value is -2.07. The van der Waals surface area contributed by atoms with Crippen LogP contribution in [0.2, 0.25) is 0 Å². The number of hydrogen-bond donors (Lipinski definition) is 0. The van der Waals surface area contributed by atoms with Crippen LogP contribution in [0.1, 0.15) is 11.8 Å². The number of aryl methyl sites for hydroxylation is 1. The van der Waals surface area contributed by atoms with Crippen molar-refractivity contribution in [1.82, 2.24) is 19.3 Å². The van der Waals surface area contributed by atoms with Gasteiger partial charge in [0, 0.05) is 36.6 Å². The number of aromatic nitrogens is 2. The zero-order valence-electron chi connectivity index (χ0n) is 15.8.